The number of nitrogens with one attached hydrogen (secondary N) is 1. The zero-order chi connectivity index (χ0) is 21.2. The number of hydrogen-bond acceptors (Lipinski definition) is 5. The number of urea groups is 1. The summed E-state index contributed by atoms with van der Waals surface area (Å²) in [5.41, 5.74) is -1.53. The highest BCUT2D eigenvalue weighted by atomic mass is 16.5. The van der Waals surface area contributed by atoms with Crippen LogP contribution >= 0.6 is 0 Å². The zero-order valence-electron chi connectivity index (χ0n) is 17.0. The van der Waals surface area contributed by atoms with Gasteiger partial charge < -0.3 is 15.0 Å². The van der Waals surface area contributed by atoms with Gasteiger partial charge in [0.2, 0.25) is 5.91 Å². The number of carbonyl (C=O) groups is 3. The molecule has 1 N–H and O–H groups in total. The normalized spacial score (nSPS) is 23.3. The summed E-state index contributed by atoms with van der Waals surface area (Å²) in [5.74, 6) is -0.280. The van der Waals surface area contributed by atoms with E-state index in [1.165, 1.54) is 4.90 Å². The van der Waals surface area contributed by atoms with Gasteiger partial charge in [0.25, 0.3) is 5.91 Å². The molecule has 1 aliphatic heterocycles. The molecule has 1 aliphatic carbocycles. The Balaban J connectivity index is 1.77. The fourth-order valence-corrected chi connectivity index (χ4v) is 4.10. The Morgan fingerprint density at radius 1 is 1.24 bits per heavy atom. The average molecular weight is 398 g/mol. The van der Waals surface area contributed by atoms with E-state index in [9.17, 15) is 19.6 Å². The molecule has 3 rings (SSSR count). The van der Waals surface area contributed by atoms with Crippen LogP contribution in [0.5, 0.6) is 5.75 Å². The molecule has 1 atom stereocenters. The summed E-state index contributed by atoms with van der Waals surface area (Å²) in [7, 11) is 3.13. The van der Waals surface area contributed by atoms with E-state index in [1.54, 1.807) is 45.3 Å². The summed E-state index contributed by atoms with van der Waals surface area (Å²) in [4.78, 5) is 40.8. The molecule has 0 bridgehead atoms. The number of imide groups is 1. The van der Waals surface area contributed by atoms with E-state index in [2.05, 4.69) is 11.4 Å². The highest BCUT2D eigenvalue weighted by molar-refractivity contribution is 6.09. The number of rotatable bonds is 5. The molecule has 4 amide bonds. The van der Waals surface area contributed by atoms with E-state index < -0.39 is 35.5 Å². The first-order valence-corrected chi connectivity index (χ1v) is 9.74. The molecule has 1 saturated carbocycles. The van der Waals surface area contributed by atoms with Crippen LogP contribution in [0.25, 0.3) is 0 Å². The fraction of sp³-hybridized carbons (Fsp3) is 0.524. The van der Waals surface area contributed by atoms with Crippen LogP contribution in [0.4, 0.5) is 4.79 Å². The van der Waals surface area contributed by atoms with Gasteiger partial charge in [-0.25, -0.2) is 4.79 Å². The molecule has 154 valence electrons. The summed E-state index contributed by atoms with van der Waals surface area (Å²) in [6.07, 6.45) is 4.01. The summed E-state index contributed by atoms with van der Waals surface area (Å²) in [6.45, 7) is 1.22. The maximum Gasteiger partial charge on any atom is 0.325 e. The van der Waals surface area contributed by atoms with Crippen molar-refractivity contribution in [3.05, 3.63) is 29.8 Å². The Kier molecular flexibility index (Phi) is 5.51. The molecule has 1 saturated heterocycles. The molecule has 2 aliphatic rings. The van der Waals surface area contributed by atoms with Crippen LogP contribution in [-0.2, 0) is 15.1 Å². The molecule has 1 heterocycles. The molecule has 0 radical (unpaired) electrons. The van der Waals surface area contributed by atoms with Gasteiger partial charge in [-0.05, 0) is 37.5 Å². The first-order chi connectivity index (χ1) is 13.8. The minimum atomic E-state index is -1.26. The molecule has 0 spiro atoms. The zero-order valence-corrected chi connectivity index (χ0v) is 17.0. The molecule has 1 unspecified atom stereocenters. The number of nitriles is 1. The monoisotopic (exact) mass is 398 g/mol. The fourth-order valence-electron chi connectivity index (χ4n) is 4.10. The first kappa shape index (κ1) is 20.6. The highest BCUT2D eigenvalue weighted by Gasteiger charge is 2.50. The van der Waals surface area contributed by atoms with Crippen LogP contribution in [0.15, 0.2) is 24.3 Å². The number of ether oxygens (including phenoxy) is 1. The quantitative estimate of drug-likeness (QED) is 0.766. The van der Waals surface area contributed by atoms with Crippen LogP contribution in [-0.4, -0.2) is 53.9 Å². The number of nitrogens with zero attached hydrogens (tertiary/aromatic N) is 3. The lowest BCUT2D eigenvalue weighted by Gasteiger charge is -2.39. The van der Waals surface area contributed by atoms with E-state index in [1.807, 2.05) is 0 Å². The predicted octanol–water partition coefficient (Wildman–Crippen LogP) is 2.15. The Morgan fingerprint density at radius 3 is 2.41 bits per heavy atom. The second-order valence-corrected chi connectivity index (χ2v) is 7.83. The smallest absolute Gasteiger partial charge is 0.325 e. The van der Waals surface area contributed by atoms with Gasteiger partial charge in [0.15, 0.2) is 0 Å². The van der Waals surface area contributed by atoms with Crippen LogP contribution in [0.2, 0.25) is 0 Å². The molecule has 29 heavy (non-hydrogen) atoms. The van der Waals surface area contributed by atoms with E-state index in [0.29, 0.717) is 24.2 Å². The molecular weight excluding hydrogens is 372 g/mol. The number of likely N-dealkylation sites (N-methyl/N-ethyl adjacent to an activating group) is 1. The third kappa shape index (κ3) is 3.53. The van der Waals surface area contributed by atoms with Crippen molar-refractivity contribution in [2.75, 3.05) is 20.7 Å². The highest BCUT2D eigenvalue weighted by Crippen LogP contribution is 2.33. The molecule has 8 nitrogen and oxygen atoms in total. The first-order valence-electron chi connectivity index (χ1n) is 9.74. The van der Waals surface area contributed by atoms with Crippen molar-refractivity contribution in [2.24, 2.45) is 0 Å². The molecule has 1 aromatic carbocycles. The van der Waals surface area contributed by atoms with Crippen molar-refractivity contribution < 1.29 is 19.1 Å². The van der Waals surface area contributed by atoms with Gasteiger partial charge in [-0.3, -0.25) is 14.5 Å². The summed E-state index contributed by atoms with van der Waals surface area (Å²) < 4.78 is 5.13. The molecule has 8 heteroatoms. The molecule has 1 aromatic rings. The molecule has 0 aromatic heterocycles. The largest absolute Gasteiger partial charge is 0.497 e. The van der Waals surface area contributed by atoms with Crippen molar-refractivity contribution in [3.8, 4) is 11.8 Å². The summed E-state index contributed by atoms with van der Waals surface area (Å²) in [5, 5.41) is 12.4. The third-order valence-electron chi connectivity index (χ3n) is 6.14. The number of methoxy groups -OCH3 is 1. The summed E-state index contributed by atoms with van der Waals surface area (Å²) >= 11 is 0. The molecule has 2 fully saturated rings. The Bertz CT molecular complexity index is 854. The van der Waals surface area contributed by atoms with E-state index in [-0.39, 0.29) is 0 Å². The molecular formula is C21H26N4O4. The van der Waals surface area contributed by atoms with E-state index in [4.69, 9.17) is 4.74 Å². The van der Waals surface area contributed by atoms with Gasteiger partial charge in [0.05, 0.1) is 13.2 Å². The number of amides is 4. The number of hydrogen-bond donors (Lipinski definition) is 1. The minimum absolute atomic E-state index is 0.393. The van der Waals surface area contributed by atoms with Gasteiger partial charge >= 0.3 is 6.03 Å². The minimum Gasteiger partial charge on any atom is -0.497 e. The van der Waals surface area contributed by atoms with Crippen molar-refractivity contribution in [2.45, 2.75) is 50.1 Å². The lowest BCUT2D eigenvalue weighted by molar-refractivity contribution is -0.141. The van der Waals surface area contributed by atoms with Crippen LogP contribution in [0, 0.1) is 11.3 Å². The third-order valence-corrected chi connectivity index (χ3v) is 6.14. The van der Waals surface area contributed by atoms with Gasteiger partial charge in [0, 0.05) is 7.05 Å². The number of benzene rings is 1. The summed E-state index contributed by atoms with van der Waals surface area (Å²) in [6, 6.07) is 8.51. The Morgan fingerprint density at radius 2 is 1.86 bits per heavy atom. The second-order valence-electron chi connectivity index (χ2n) is 7.83. The van der Waals surface area contributed by atoms with Crippen molar-refractivity contribution >= 4 is 17.8 Å². The van der Waals surface area contributed by atoms with Crippen molar-refractivity contribution in [1.82, 2.24) is 15.1 Å². The predicted molar refractivity (Wildman–Crippen MR) is 105 cm³/mol. The lowest BCUT2D eigenvalue weighted by atomic mass is 9.81. The van der Waals surface area contributed by atoms with Crippen LogP contribution < -0.4 is 10.1 Å². The second kappa shape index (κ2) is 7.74. The van der Waals surface area contributed by atoms with Crippen molar-refractivity contribution in [1.29, 1.82) is 5.26 Å². The Hall–Kier alpha value is -3.08. The van der Waals surface area contributed by atoms with Crippen LogP contribution in [0.1, 0.15) is 44.6 Å². The van der Waals surface area contributed by atoms with E-state index >= 15 is 0 Å². The Labute approximate surface area is 170 Å². The topological polar surface area (TPSA) is 103 Å². The van der Waals surface area contributed by atoms with Crippen LogP contribution in [0.3, 0.4) is 0 Å². The van der Waals surface area contributed by atoms with Gasteiger partial charge in [-0.15, -0.1) is 0 Å². The number of carbonyl (C=O) groups excluding carboxylic acids is 3. The van der Waals surface area contributed by atoms with Gasteiger partial charge in [-0.2, -0.15) is 5.26 Å². The van der Waals surface area contributed by atoms with Crippen molar-refractivity contribution in [3.63, 3.8) is 0 Å². The maximum atomic E-state index is 13.1. The standard InChI is InChI=1S/C21H26N4O4/c1-20(15-7-9-16(29-3)10-8-15)18(27)25(19(28)23-20)13-17(26)24(2)21(14-22)11-5-4-6-12-21/h7-10H,4-6,11-13H2,1-3H3,(H,23,28). The van der Waals surface area contributed by atoms with Gasteiger partial charge in [-0.1, -0.05) is 31.4 Å². The average Bonchev–Trinajstić information content (AvgIpc) is 2.97. The lowest BCUT2D eigenvalue weighted by Crippen LogP contribution is -2.53. The SMILES string of the molecule is COc1ccc(C2(C)NC(=O)N(CC(=O)N(C)C3(C#N)CCCCC3)C2=O)cc1. The van der Waals surface area contributed by atoms with Gasteiger partial charge in [0.1, 0.15) is 23.4 Å². The maximum absolute atomic E-state index is 13.1. The van der Waals surface area contributed by atoms with E-state index in [0.717, 1.165) is 24.2 Å².